The van der Waals surface area contributed by atoms with Gasteiger partial charge in [-0.25, -0.2) is 9.36 Å². The molecule has 0 aliphatic carbocycles. The van der Waals surface area contributed by atoms with Crippen LogP contribution in [-0.2, 0) is 6.42 Å². The van der Waals surface area contributed by atoms with Crippen molar-refractivity contribution in [3.05, 3.63) is 28.2 Å². The lowest BCUT2D eigenvalue weighted by atomic mass is 10.2. The summed E-state index contributed by atoms with van der Waals surface area (Å²) < 4.78 is 0.540. The lowest BCUT2D eigenvalue weighted by Crippen LogP contribution is -2.27. The van der Waals surface area contributed by atoms with Gasteiger partial charge in [-0.05, 0) is 12.5 Å². The Bertz CT molecular complexity index is 394. The molecule has 1 aromatic heterocycles. The van der Waals surface area contributed by atoms with Gasteiger partial charge in [-0.15, -0.1) is 0 Å². The fourth-order valence-corrected chi connectivity index (χ4v) is 1.05. The second-order valence-electron chi connectivity index (χ2n) is 2.49. The maximum atomic E-state index is 11.3. The van der Waals surface area contributed by atoms with E-state index < -0.39 is 11.7 Å². The number of aromatic hydroxyl groups is 1. The molecule has 5 heteroatoms. The molecule has 1 rings (SSSR count). The van der Waals surface area contributed by atoms with Crippen molar-refractivity contribution in [1.82, 2.24) is 4.57 Å². The number of aromatic nitrogens is 1. The first-order valence-corrected chi connectivity index (χ1v) is 3.74. The van der Waals surface area contributed by atoms with E-state index in [1.165, 1.54) is 6.07 Å². The van der Waals surface area contributed by atoms with Gasteiger partial charge in [0.25, 0.3) is 5.56 Å². The van der Waals surface area contributed by atoms with E-state index in [0.29, 0.717) is 11.0 Å². The normalized spacial score (nSPS) is 9.92. The van der Waals surface area contributed by atoms with Gasteiger partial charge in [-0.1, -0.05) is 6.92 Å². The van der Waals surface area contributed by atoms with Gasteiger partial charge < -0.3 is 10.2 Å². The van der Waals surface area contributed by atoms with E-state index in [0.717, 1.165) is 6.20 Å². The number of pyridine rings is 1. The monoisotopic (exact) mass is 183 g/mol. The van der Waals surface area contributed by atoms with Crippen molar-refractivity contribution in [2.24, 2.45) is 0 Å². The van der Waals surface area contributed by atoms with E-state index in [2.05, 4.69) is 0 Å². The highest BCUT2D eigenvalue weighted by Gasteiger charge is 2.10. The van der Waals surface area contributed by atoms with Gasteiger partial charge in [0.1, 0.15) is 5.75 Å². The molecular formula is C8H9NO4. The molecule has 70 valence electrons. The lowest BCUT2D eigenvalue weighted by Gasteiger charge is -2.03. The summed E-state index contributed by atoms with van der Waals surface area (Å²) in [7, 11) is 0. The molecule has 0 saturated carbocycles. The predicted molar refractivity (Wildman–Crippen MR) is 45.2 cm³/mol. The molecule has 0 aromatic carbocycles. The molecule has 5 nitrogen and oxygen atoms in total. The van der Waals surface area contributed by atoms with Crippen LogP contribution in [0.25, 0.3) is 0 Å². The van der Waals surface area contributed by atoms with Crippen molar-refractivity contribution >= 4 is 6.09 Å². The number of carboxylic acid groups (broad SMARTS) is 1. The highest BCUT2D eigenvalue weighted by Crippen LogP contribution is 2.11. The third-order valence-corrected chi connectivity index (χ3v) is 1.73. The highest BCUT2D eigenvalue weighted by atomic mass is 16.4. The molecule has 1 aromatic rings. The minimum Gasteiger partial charge on any atom is -0.507 e. The minimum absolute atomic E-state index is 0.116. The Balaban J connectivity index is 3.45. The summed E-state index contributed by atoms with van der Waals surface area (Å²) in [6, 6.07) is 1.19. The van der Waals surface area contributed by atoms with Crippen molar-refractivity contribution in [1.29, 1.82) is 0 Å². The number of nitrogens with zero attached hydrogens (tertiary/aromatic N) is 1. The average Bonchev–Trinajstić information content (AvgIpc) is 2.04. The van der Waals surface area contributed by atoms with Gasteiger partial charge in [0, 0.05) is 6.20 Å². The first-order chi connectivity index (χ1) is 6.07. The minimum atomic E-state index is -1.35. The molecule has 0 radical (unpaired) electrons. The third kappa shape index (κ3) is 1.53. The second-order valence-corrected chi connectivity index (χ2v) is 2.49. The van der Waals surface area contributed by atoms with Crippen LogP contribution in [0.1, 0.15) is 12.5 Å². The Morgan fingerprint density at radius 3 is 2.69 bits per heavy atom. The Hall–Kier alpha value is -1.78. The molecule has 0 amide bonds. The van der Waals surface area contributed by atoms with E-state index in [4.69, 9.17) is 5.11 Å². The van der Waals surface area contributed by atoms with Gasteiger partial charge >= 0.3 is 6.09 Å². The summed E-state index contributed by atoms with van der Waals surface area (Å²) in [5.41, 5.74) is -0.570. The maximum absolute atomic E-state index is 11.3. The van der Waals surface area contributed by atoms with Crippen LogP contribution in [0.3, 0.4) is 0 Å². The summed E-state index contributed by atoms with van der Waals surface area (Å²) in [5, 5.41) is 17.7. The van der Waals surface area contributed by atoms with Crippen LogP contribution in [0.15, 0.2) is 17.1 Å². The maximum Gasteiger partial charge on any atom is 0.418 e. The van der Waals surface area contributed by atoms with Crippen LogP contribution < -0.4 is 5.56 Å². The molecule has 1 heterocycles. The summed E-state index contributed by atoms with van der Waals surface area (Å²) in [6.07, 6.45) is -0.0162. The molecule has 13 heavy (non-hydrogen) atoms. The fourth-order valence-electron chi connectivity index (χ4n) is 1.05. The highest BCUT2D eigenvalue weighted by molar-refractivity contribution is 5.68. The molecule has 2 N–H and O–H groups in total. The van der Waals surface area contributed by atoms with E-state index in [1.807, 2.05) is 0 Å². The summed E-state index contributed by atoms with van der Waals surface area (Å²) >= 11 is 0. The summed E-state index contributed by atoms with van der Waals surface area (Å²) in [5.74, 6) is -0.162. The predicted octanol–water partition coefficient (Wildman–Crippen LogP) is 0.642. The second kappa shape index (κ2) is 3.30. The topological polar surface area (TPSA) is 79.5 Å². The first-order valence-electron chi connectivity index (χ1n) is 3.74. The zero-order valence-corrected chi connectivity index (χ0v) is 7.02. The average molecular weight is 183 g/mol. The van der Waals surface area contributed by atoms with Crippen LogP contribution >= 0.6 is 0 Å². The van der Waals surface area contributed by atoms with E-state index in [9.17, 15) is 14.7 Å². The van der Waals surface area contributed by atoms with Crippen LogP contribution in [0.2, 0.25) is 0 Å². The molecule has 0 fully saturated rings. The Morgan fingerprint density at radius 2 is 2.23 bits per heavy atom. The number of carbonyl (C=O) groups is 1. The fraction of sp³-hybridized carbons (Fsp3) is 0.250. The quantitative estimate of drug-likeness (QED) is 0.669. The molecule has 0 unspecified atom stereocenters. The van der Waals surface area contributed by atoms with Crippen LogP contribution in [0, 0.1) is 0 Å². The molecule has 0 saturated heterocycles. The Morgan fingerprint density at radius 1 is 1.62 bits per heavy atom. The van der Waals surface area contributed by atoms with Gasteiger partial charge in [0.05, 0.1) is 5.56 Å². The zero-order valence-electron chi connectivity index (χ0n) is 7.02. The Labute approximate surface area is 73.9 Å². The lowest BCUT2D eigenvalue weighted by molar-refractivity contribution is 0.195. The van der Waals surface area contributed by atoms with Crippen molar-refractivity contribution in [2.75, 3.05) is 0 Å². The summed E-state index contributed by atoms with van der Waals surface area (Å²) in [6.45, 7) is 1.67. The van der Waals surface area contributed by atoms with Crippen molar-refractivity contribution in [2.45, 2.75) is 13.3 Å². The molecule has 0 aliphatic heterocycles. The van der Waals surface area contributed by atoms with Crippen molar-refractivity contribution < 1.29 is 15.0 Å². The zero-order chi connectivity index (χ0) is 10.0. The van der Waals surface area contributed by atoms with Crippen LogP contribution in [-0.4, -0.2) is 20.9 Å². The van der Waals surface area contributed by atoms with Crippen LogP contribution in [0.5, 0.6) is 5.75 Å². The van der Waals surface area contributed by atoms with E-state index in [-0.39, 0.29) is 11.3 Å². The number of hydrogen-bond donors (Lipinski definition) is 2. The number of hydrogen-bond acceptors (Lipinski definition) is 3. The van der Waals surface area contributed by atoms with E-state index in [1.54, 1.807) is 6.92 Å². The number of rotatable bonds is 1. The summed E-state index contributed by atoms with van der Waals surface area (Å²) in [4.78, 5) is 21.8. The SMILES string of the molecule is CCc1c(O)ccn(C(=O)O)c1=O. The largest absolute Gasteiger partial charge is 0.507 e. The first kappa shape index (κ1) is 9.31. The van der Waals surface area contributed by atoms with Gasteiger partial charge in [-0.3, -0.25) is 4.79 Å². The molecule has 0 atom stereocenters. The van der Waals surface area contributed by atoms with Gasteiger partial charge in [0.15, 0.2) is 0 Å². The third-order valence-electron chi connectivity index (χ3n) is 1.73. The molecule has 0 spiro atoms. The van der Waals surface area contributed by atoms with Crippen LogP contribution in [0.4, 0.5) is 4.79 Å². The standard InChI is InChI=1S/C8H9NO4/c1-2-5-6(10)3-4-9(7(5)11)8(12)13/h3-4,10H,2H2,1H3,(H,12,13). The van der Waals surface area contributed by atoms with Crippen molar-refractivity contribution in [3.63, 3.8) is 0 Å². The smallest absolute Gasteiger partial charge is 0.418 e. The molecule has 0 bridgehead atoms. The van der Waals surface area contributed by atoms with Gasteiger partial charge in [0.2, 0.25) is 0 Å². The molecule has 0 aliphatic rings. The Kier molecular flexibility index (Phi) is 2.36. The van der Waals surface area contributed by atoms with Gasteiger partial charge in [-0.2, -0.15) is 0 Å². The van der Waals surface area contributed by atoms with E-state index >= 15 is 0 Å². The van der Waals surface area contributed by atoms with Crippen molar-refractivity contribution in [3.8, 4) is 5.75 Å². The molecular weight excluding hydrogens is 174 g/mol.